The number of aromatic nitrogens is 3. The highest BCUT2D eigenvalue weighted by molar-refractivity contribution is 6.10. The first-order valence-electron chi connectivity index (χ1n) is 21.3. The van der Waals surface area contributed by atoms with Gasteiger partial charge in [0.1, 0.15) is 0 Å². The molecule has 10 aromatic rings. The molecule has 2 aliphatic rings. The summed E-state index contributed by atoms with van der Waals surface area (Å²) in [5.74, 6) is 0.932. The van der Waals surface area contributed by atoms with Gasteiger partial charge in [0, 0.05) is 50.4 Å². The topological polar surface area (TPSA) is 34.0 Å². The van der Waals surface area contributed by atoms with Crippen molar-refractivity contribution in [3.8, 4) is 50.7 Å². The molecule has 3 heterocycles. The van der Waals surface area contributed by atoms with E-state index < -0.39 is 0 Å². The van der Waals surface area contributed by atoms with Gasteiger partial charge in [-0.25, -0.2) is 9.97 Å². The van der Waals surface area contributed by atoms with E-state index in [1.54, 1.807) is 0 Å². The molecule has 0 fully saturated rings. The van der Waals surface area contributed by atoms with Gasteiger partial charge in [0.15, 0.2) is 5.82 Å². The van der Waals surface area contributed by atoms with Gasteiger partial charge < -0.3 is 9.47 Å². The Balaban J connectivity index is 0.838. The van der Waals surface area contributed by atoms with Crippen LogP contribution >= 0.6 is 0 Å². The van der Waals surface area contributed by atoms with Gasteiger partial charge in [0.25, 0.3) is 0 Å². The molecule has 0 radical (unpaired) electrons. The lowest BCUT2D eigenvalue weighted by Crippen LogP contribution is -2.28. The van der Waals surface area contributed by atoms with Crippen molar-refractivity contribution < 1.29 is 0 Å². The van der Waals surface area contributed by atoms with Crippen LogP contribution in [0.3, 0.4) is 0 Å². The van der Waals surface area contributed by atoms with Crippen LogP contribution in [0.25, 0.3) is 78.1 Å². The molecule has 62 heavy (non-hydrogen) atoms. The fourth-order valence-corrected chi connectivity index (χ4v) is 9.57. The normalized spacial score (nSPS) is 15.4. The summed E-state index contributed by atoms with van der Waals surface area (Å²) in [4.78, 5) is 12.6. The Hall–Kier alpha value is -8.08. The van der Waals surface area contributed by atoms with Crippen LogP contribution in [0.5, 0.6) is 0 Å². The van der Waals surface area contributed by atoms with Gasteiger partial charge in [0.2, 0.25) is 0 Å². The fraction of sp³-hybridized carbons (Fsp3) is 0.0345. The second-order valence-corrected chi connectivity index (χ2v) is 16.2. The van der Waals surface area contributed by atoms with Gasteiger partial charge in [-0.3, -0.25) is 0 Å². The van der Waals surface area contributed by atoms with Crippen LogP contribution in [0.15, 0.2) is 231 Å². The number of anilines is 2. The van der Waals surface area contributed by atoms with E-state index in [0.29, 0.717) is 5.82 Å². The van der Waals surface area contributed by atoms with Crippen LogP contribution in [0.1, 0.15) is 17.0 Å². The maximum atomic E-state index is 5.06. The second-order valence-electron chi connectivity index (χ2n) is 16.2. The van der Waals surface area contributed by atoms with E-state index in [4.69, 9.17) is 9.97 Å². The van der Waals surface area contributed by atoms with E-state index in [9.17, 15) is 0 Å². The molecule has 12 rings (SSSR count). The Morgan fingerprint density at radius 1 is 0.403 bits per heavy atom. The number of hydrogen-bond acceptors (Lipinski definition) is 3. The first-order chi connectivity index (χ1) is 30.7. The van der Waals surface area contributed by atoms with Crippen molar-refractivity contribution >= 4 is 38.8 Å². The third-order valence-corrected chi connectivity index (χ3v) is 12.6. The molecular weight excluding hydrogens is 753 g/mol. The summed E-state index contributed by atoms with van der Waals surface area (Å²) in [5, 5.41) is 2.52. The average molecular weight is 793 g/mol. The zero-order valence-electron chi connectivity index (χ0n) is 33.9. The van der Waals surface area contributed by atoms with E-state index in [-0.39, 0.29) is 12.0 Å². The van der Waals surface area contributed by atoms with Crippen LogP contribution in [-0.2, 0) is 0 Å². The van der Waals surface area contributed by atoms with E-state index in [2.05, 4.69) is 228 Å². The van der Waals surface area contributed by atoms with E-state index in [0.717, 1.165) is 28.1 Å². The summed E-state index contributed by atoms with van der Waals surface area (Å²) >= 11 is 0. The van der Waals surface area contributed by atoms with Gasteiger partial charge >= 0.3 is 0 Å². The molecule has 4 heteroatoms. The zero-order valence-corrected chi connectivity index (χ0v) is 33.9. The Bertz CT molecular complexity index is 3270. The lowest BCUT2D eigenvalue weighted by Gasteiger charge is -2.30. The Morgan fingerprint density at radius 2 is 0.984 bits per heavy atom. The van der Waals surface area contributed by atoms with Crippen LogP contribution in [0.4, 0.5) is 11.4 Å². The summed E-state index contributed by atoms with van der Waals surface area (Å²) in [7, 11) is 0. The highest BCUT2D eigenvalue weighted by Crippen LogP contribution is 2.49. The number of hydrogen-bond donors (Lipinski definition) is 0. The molecule has 2 aromatic heterocycles. The molecule has 4 nitrogen and oxygen atoms in total. The molecule has 2 atom stereocenters. The van der Waals surface area contributed by atoms with Gasteiger partial charge in [-0.1, -0.05) is 176 Å². The summed E-state index contributed by atoms with van der Waals surface area (Å²) < 4.78 is 2.37. The Kier molecular flexibility index (Phi) is 8.60. The van der Waals surface area contributed by atoms with Crippen molar-refractivity contribution in [2.24, 2.45) is 0 Å². The Labute approximate surface area is 361 Å². The standard InChI is InChI=1S/C58H40N4/c1-4-14-41(15-5-1)52-38-53(42-16-6-2-7-17-42)60-58(59-52)43-26-24-39(25-27-43)44-30-35-57-51(36-44)49-21-11-13-23-55(49)62(57)47-32-28-40(29-33-47)45-31-34-56-50(37-45)48-20-10-12-22-54(48)61(56)46-18-8-3-9-19-46/h1-38,51,57H. The van der Waals surface area contributed by atoms with E-state index in [1.807, 2.05) is 12.1 Å². The fourth-order valence-electron chi connectivity index (χ4n) is 9.57. The monoisotopic (exact) mass is 792 g/mol. The molecule has 1 aliphatic carbocycles. The van der Waals surface area contributed by atoms with Crippen LogP contribution in [0, 0.1) is 0 Å². The number of nitrogens with zero attached hydrogens (tertiary/aromatic N) is 4. The number of allylic oxidation sites excluding steroid dienone is 2. The summed E-state index contributed by atoms with van der Waals surface area (Å²) in [6, 6.07) is 75.9. The summed E-state index contributed by atoms with van der Waals surface area (Å²) in [6.45, 7) is 0. The second kappa shape index (κ2) is 14.9. The minimum Gasteiger partial charge on any atom is -0.333 e. The third-order valence-electron chi connectivity index (χ3n) is 12.6. The summed E-state index contributed by atoms with van der Waals surface area (Å²) in [6.07, 6.45) is 7.13. The molecule has 0 spiro atoms. The largest absolute Gasteiger partial charge is 0.333 e. The molecule has 0 N–H and O–H groups in total. The molecule has 292 valence electrons. The highest BCUT2D eigenvalue weighted by Gasteiger charge is 2.38. The molecule has 8 aromatic carbocycles. The third kappa shape index (κ3) is 6.15. The van der Waals surface area contributed by atoms with Crippen molar-refractivity contribution in [1.82, 2.24) is 14.5 Å². The Morgan fingerprint density at radius 3 is 1.71 bits per heavy atom. The maximum Gasteiger partial charge on any atom is 0.160 e. The van der Waals surface area contributed by atoms with Crippen LogP contribution < -0.4 is 4.90 Å². The van der Waals surface area contributed by atoms with Crippen molar-refractivity contribution in [1.29, 1.82) is 0 Å². The van der Waals surface area contributed by atoms with Gasteiger partial charge in [-0.05, 0) is 82.4 Å². The van der Waals surface area contributed by atoms with Gasteiger partial charge in [0.05, 0.1) is 28.5 Å². The molecule has 0 saturated carbocycles. The molecule has 0 amide bonds. The number of rotatable bonds is 7. The van der Waals surface area contributed by atoms with Crippen LogP contribution in [0.2, 0.25) is 0 Å². The summed E-state index contributed by atoms with van der Waals surface area (Å²) in [5.41, 5.74) is 17.2. The van der Waals surface area contributed by atoms with Gasteiger partial charge in [-0.2, -0.15) is 0 Å². The molecule has 0 bridgehead atoms. The predicted octanol–water partition coefficient (Wildman–Crippen LogP) is 14.5. The zero-order chi connectivity index (χ0) is 41.0. The first kappa shape index (κ1) is 35.8. The SMILES string of the molecule is C1=CC2C(C=C1c1ccc(-c3nc(-c4ccccc4)cc(-c4ccccc4)n3)cc1)c1ccccc1N2c1ccc(-c2ccc3c(c2)c2ccccc2n3-c2ccccc2)cc1. The quantitative estimate of drug-likeness (QED) is 0.161. The van der Waals surface area contributed by atoms with Crippen molar-refractivity contribution in [2.45, 2.75) is 12.0 Å². The molecular formula is C58H40N4. The highest BCUT2D eigenvalue weighted by atomic mass is 15.2. The molecule has 0 saturated heterocycles. The average Bonchev–Trinajstić information content (AvgIpc) is 3.87. The van der Waals surface area contributed by atoms with Crippen molar-refractivity contribution in [3.63, 3.8) is 0 Å². The van der Waals surface area contributed by atoms with Gasteiger partial charge in [-0.15, -0.1) is 0 Å². The first-order valence-corrected chi connectivity index (χ1v) is 21.3. The lowest BCUT2D eigenvalue weighted by molar-refractivity contribution is 0.747. The van der Waals surface area contributed by atoms with Crippen molar-refractivity contribution in [3.05, 3.63) is 242 Å². The minimum atomic E-state index is 0.173. The van der Waals surface area contributed by atoms with Crippen molar-refractivity contribution in [2.75, 3.05) is 4.90 Å². The van der Waals surface area contributed by atoms with Crippen LogP contribution in [-0.4, -0.2) is 20.6 Å². The number of benzene rings is 8. The van der Waals surface area contributed by atoms with E-state index >= 15 is 0 Å². The minimum absolute atomic E-state index is 0.173. The smallest absolute Gasteiger partial charge is 0.160 e. The number of para-hydroxylation sites is 3. The lowest BCUT2D eigenvalue weighted by atomic mass is 9.86. The predicted molar refractivity (Wildman–Crippen MR) is 257 cm³/mol. The van der Waals surface area contributed by atoms with E-state index in [1.165, 1.54) is 66.7 Å². The maximum absolute atomic E-state index is 5.06. The molecule has 1 aliphatic heterocycles. The molecule has 2 unspecified atom stereocenters. The number of fused-ring (bicyclic) bond motifs is 6.